The van der Waals surface area contributed by atoms with Crippen molar-refractivity contribution < 1.29 is 37.3 Å². The Kier molecular flexibility index (Phi) is 12.9. The highest BCUT2D eigenvalue weighted by Crippen LogP contribution is 2.76. The number of carbonyl (C=O) groups is 2. The smallest absolute Gasteiger partial charge is 0.340 e. The number of ether oxygens (including phenoxy) is 3. The minimum Gasteiger partial charge on any atom is -0.459 e. The number of sulfone groups is 1. The number of carbonyl (C=O) groups excluding carboxylic acids is 2. The number of aliphatic hydroxyl groups excluding tert-OH is 1. The van der Waals surface area contributed by atoms with Gasteiger partial charge in [0.25, 0.3) is 0 Å². The molecule has 2 N–H and O–H groups in total. The average Bonchev–Trinajstić information content (AvgIpc) is 3.66. The Labute approximate surface area is 394 Å². The van der Waals surface area contributed by atoms with Crippen LogP contribution >= 0.6 is 0 Å². The van der Waals surface area contributed by atoms with Crippen LogP contribution < -0.4 is 5.32 Å². The van der Waals surface area contributed by atoms with Gasteiger partial charge in [0.1, 0.15) is 6.61 Å². The monoisotopic (exact) mass is 925 g/mol. The molecule has 10 nitrogen and oxygen atoms in total. The lowest BCUT2D eigenvalue weighted by Gasteiger charge is -2.72. The molecule has 11 heteroatoms. The molecule has 0 radical (unpaired) electrons. The molecule has 2 saturated heterocycles. The van der Waals surface area contributed by atoms with Gasteiger partial charge in [0.15, 0.2) is 15.9 Å². The molecule has 66 heavy (non-hydrogen) atoms. The van der Waals surface area contributed by atoms with E-state index in [0.717, 1.165) is 30.6 Å². The molecular formula is C55H76N2O8S. The summed E-state index contributed by atoms with van der Waals surface area (Å²) < 4.78 is 41.3. The maximum Gasteiger partial charge on any atom is 0.340 e. The fraction of sp³-hybridized carbons (Fsp3) is 0.673. The highest BCUT2D eigenvalue weighted by Gasteiger charge is 2.70. The normalized spacial score (nSPS) is 39.2. The molecule has 6 fully saturated rings. The first-order valence-corrected chi connectivity index (χ1v) is 27.0. The summed E-state index contributed by atoms with van der Waals surface area (Å²) in [5.74, 6) is 2.28. The third kappa shape index (κ3) is 8.47. The Morgan fingerprint density at radius 2 is 1.61 bits per heavy atom. The zero-order chi connectivity index (χ0) is 46.9. The molecular weight excluding hydrogens is 849 g/mol. The van der Waals surface area contributed by atoms with Crippen molar-refractivity contribution in [3.8, 4) is 0 Å². The first kappa shape index (κ1) is 47.7. The number of nitrogens with one attached hydrogen (secondary N) is 1. The lowest BCUT2D eigenvalue weighted by Crippen LogP contribution is -2.68. The van der Waals surface area contributed by atoms with E-state index in [2.05, 4.69) is 64.4 Å². The van der Waals surface area contributed by atoms with Crippen LogP contribution in [0.2, 0.25) is 0 Å². The zero-order valence-electron chi connectivity index (χ0n) is 40.5. The summed E-state index contributed by atoms with van der Waals surface area (Å²) in [5, 5.41) is 14.8. The molecule has 2 heterocycles. The van der Waals surface area contributed by atoms with Gasteiger partial charge in [-0.25, -0.2) is 18.0 Å². The van der Waals surface area contributed by atoms with Crippen LogP contribution in [-0.2, 0) is 35.4 Å². The number of nitrogens with zero attached hydrogens (tertiary/aromatic N) is 1. The van der Waals surface area contributed by atoms with Gasteiger partial charge in [-0.15, -0.1) is 0 Å². The Hall–Kier alpha value is -3.35. The SMILES string of the molecule is C=C(C)[C@@H]1CC[C@]2(NCCN3CCS(=O)(=O)CC3)CC[C@]3(C)[C@H](CCC4[C@@]5(C)CC=C(c6ccc(C(=O)O[C@H]7C[C@@H](O)C[C@@H](C(=O)OCc8ccccc8)O7)cc6)C(C)(C)C5CC[C@]43C)C12. The highest BCUT2D eigenvalue weighted by atomic mass is 32.2. The van der Waals surface area contributed by atoms with Gasteiger partial charge in [-0.1, -0.05) is 95.3 Å². The van der Waals surface area contributed by atoms with Crippen molar-refractivity contribution in [2.75, 3.05) is 37.7 Å². The summed E-state index contributed by atoms with van der Waals surface area (Å²) in [6.07, 6.45) is 10.6. The lowest BCUT2D eigenvalue weighted by atomic mass is 9.33. The van der Waals surface area contributed by atoms with Crippen LogP contribution in [0.25, 0.3) is 5.57 Å². The van der Waals surface area contributed by atoms with E-state index in [1.165, 1.54) is 62.5 Å². The maximum atomic E-state index is 13.5. The van der Waals surface area contributed by atoms with Gasteiger partial charge in [0.2, 0.25) is 6.29 Å². The molecule has 2 aromatic carbocycles. The van der Waals surface area contributed by atoms with E-state index in [0.29, 0.717) is 48.2 Å². The van der Waals surface area contributed by atoms with Crippen LogP contribution in [0, 0.1) is 51.2 Å². The number of fused-ring (bicyclic) bond motifs is 7. The average molecular weight is 925 g/mol. The van der Waals surface area contributed by atoms with Crippen molar-refractivity contribution in [2.45, 2.75) is 143 Å². The third-order valence-electron chi connectivity index (χ3n) is 19.4. The van der Waals surface area contributed by atoms with Crippen LogP contribution in [0.15, 0.2) is 72.8 Å². The molecule has 2 aromatic rings. The molecule has 12 atom stereocenters. The fourth-order valence-electron chi connectivity index (χ4n) is 15.9. The van der Waals surface area contributed by atoms with Gasteiger partial charge in [0.05, 0.1) is 23.2 Å². The van der Waals surface area contributed by atoms with Gasteiger partial charge in [-0.3, -0.25) is 0 Å². The van der Waals surface area contributed by atoms with E-state index >= 15 is 0 Å². The molecule has 360 valence electrons. The fourth-order valence-corrected chi connectivity index (χ4v) is 17.1. The predicted octanol–water partition coefficient (Wildman–Crippen LogP) is 9.18. The van der Waals surface area contributed by atoms with Crippen LogP contribution in [0.3, 0.4) is 0 Å². The third-order valence-corrected chi connectivity index (χ3v) is 21.0. The number of aliphatic hydroxyl groups is 1. The summed E-state index contributed by atoms with van der Waals surface area (Å²) >= 11 is 0. The number of benzene rings is 2. The van der Waals surface area contributed by atoms with E-state index in [9.17, 15) is 23.1 Å². The molecule has 5 aliphatic carbocycles. The van der Waals surface area contributed by atoms with E-state index < -0.39 is 40.3 Å². The molecule has 0 aromatic heterocycles. The van der Waals surface area contributed by atoms with Crippen LogP contribution in [-0.4, -0.2) is 92.1 Å². The van der Waals surface area contributed by atoms with Crippen molar-refractivity contribution in [3.05, 3.63) is 89.5 Å². The van der Waals surface area contributed by atoms with E-state index in [1.807, 2.05) is 54.6 Å². The number of hydrogen-bond acceptors (Lipinski definition) is 10. The van der Waals surface area contributed by atoms with Crippen molar-refractivity contribution >= 4 is 27.3 Å². The molecule has 0 amide bonds. The quantitative estimate of drug-likeness (QED) is 0.166. The van der Waals surface area contributed by atoms with Gasteiger partial charge >= 0.3 is 11.9 Å². The number of rotatable bonds is 11. The lowest BCUT2D eigenvalue weighted by molar-refractivity contribution is -0.219. The number of allylic oxidation sites excluding steroid dienone is 3. The Balaban J connectivity index is 0.870. The Morgan fingerprint density at radius 1 is 0.879 bits per heavy atom. The van der Waals surface area contributed by atoms with Gasteiger partial charge < -0.3 is 29.5 Å². The predicted molar refractivity (Wildman–Crippen MR) is 258 cm³/mol. The van der Waals surface area contributed by atoms with E-state index in [-0.39, 0.29) is 58.2 Å². The van der Waals surface area contributed by atoms with Crippen LogP contribution in [0.4, 0.5) is 0 Å². The summed E-state index contributed by atoms with van der Waals surface area (Å²) in [5.41, 5.74) is 5.70. The minimum absolute atomic E-state index is 0.0784. The topological polar surface area (TPSA) is 131 Å². The van der Waals surface area contributed by atoms with Gasteiger partial charge in [-0.05, 0) is 145 Å². The second-order valence-electron chi connectivity index (χ2n) is 23.1. The summed E-state index contributed by atoms with van der Waals surface area (Å²) in [7, 11) is -2.89. The van der Waals surface area contributed by atoms with E-state index in [4.69, 9.17) is 14.2 Å². The summed E-state index contributed by atoms with van der Waals surface area (Å²) in [4.78, 5) is 28.7. The van der Waals surface area contributed by atoms with Crippen molar-refractivity contribution in [1.29, 1.82) is 0 Å². The largest absolute Gasteiger partial charge is 0.459 e. The highest BCUT2D eigenvalue weighted by molar-refractivity contribution is 7.91. The molecule has 2 aliphatic heterocycles. The minimum atomic E-state index is -2.89. The second-order valence-corrected chi connectivity index (χ2v) is 25.4. The number of hydrogen-bond donors (Lipinski definition) is 2. The molecule has 4 saturated carbocycles. The summed E-state index contributed by atoms with van der Waals surface area (Å²) in [6, 6.07) is 17.1. The molecule has 9 rings (SSSR count). The zero-order valence-corrected chi connectivity index (χ0v) is 41.3. The molecule has 3 unspecified atom stereocenters. The summed E-state index contributed by atoms with van der Waals surface area (Å²) in [6.45, 7) is 23.0. The standard InChI is InChI=1S/C55H76N2O8S/c1-36(2)41-19-24-55(56-27-28-57-29-31-66(61,62)32-30-57)26-25-53(6)43(48(41)55)17-18-46-52(5)22-20-42(51(3,4)45(52)21-23-54(46,53)7)38-13-15-39(16-14-38)49(59)65-47-34-40(58)33-44(64-47)50(60)63-35-37-11-9-8-10-12-37/h8-16,20,40-41,43-48,56,58H,1,17-19,21-35H2,2-7H3/t40-,41-,43+,44-,45?,46?,47-,48?,52-,53+,54+,55-/m0/s1. The van der Waals surface area contributed by atoms with Crippen LogP contribution in [0.1, 0.15) is 134 Å². The first-order valence-electron chi connectivity index (χ1n) is 25.2. The Bertz CT molecular complexity index is 2280. The van der Waals surface area contributed by atoms with Crippen molar-refractivity contribution in [3.63, 3.8) is 0 Å². The second kappa shape index (κ2) is 17.9. The van der Waals surface area contributed by atoms with Gasteiger partial charge in [-0.2, -0.15) is 0 Å². The molecule has 0 bridgehead atoms. The van der Waals surface area contributed by atoms with Crippen LogP contribution in [0.5, 0.6) is 0 Å². The number of esters is 2. The molecule has 0 spiro atoms. The maximum absolute atomic E-state index is 13.5. The van der Waals surface area contributed by atoms with Crippen molar-refractivity contribution in [1.82, 2.24) is 10.2 Å². The van der Waals surface area contributed by atoms with Crippen molar-refractivity contribution in [2.24, 2.45) is 51.2 Å². The first-order chi connectivity index (χ1) is 31.3. The van der Waals surface area contributed by atoms with E-state index in [1.54, 1.807) is 0 Å². The van der Waals surface area contributed by atoms with Gasteiger partial charge in [0, 0.05) is 44.6 Å². The molecule has 7 aliphatic rings. The Morgan fingerprint density at radius 3 is 2.32 bits per heavy atom.